The molecule has 150 valence electrons. The predicted molar refractivity (Wildman–Crippen MR) is 116 cm³/mol. The smallest absolute Gasteiger partial charge is 0.263 e. The number of hydrogen-bond acceptors (Lipinski definition) is 4. The highest BCUT2D eigenvalue weighted by Gasteiger charge is 2.17. The Labute approximate surface area is 174 Å². The van der Waals surface area contributed by atoms with Crippen LogP contribution >= 0.6 is 0 Å². The summed E-state index contributed by atoms with van der Waals surface area (Å²) in [6, 6.07) is 20.4. The van der Waals surface area contributed by atoms with E-state index in [1.807, 2.05) is 60.0 Å². The number of aryl methyl sites for hydroxylation is 1. The zero-order valence-electron chi connectivity index (χ0n) is 16.8. The highest BCUT2D eigenvalue weighted by Crippen LogP contribution is 2.29. The van der Waals surface area contributed by atoms with Crippen molar-refractivity contribution in [2.45, 2.75) is 13.8 Å². The van der Waals surface area contributed by atoms with E-state index >= 15 is 0 Å². The first-order valence-electron chi connectivity index (χ1n) is 9.59. The first-order valence-corrected chi connectivity index (χ1v) is 9.59. The van der Waals surface area contributed by atoms with Gasteiger partial charge in [-0.2, -0.15) is 0 Å². The van der Waals surface area contributed by atoms with Gasteiger partial charge in [0, 0.05) is 17.3 Å². The molecule has 4 rings (SSSR count). The third-order valence-corrected chi connectivity index (χ3v) is 4.76. The van der Waals surface area contributed by atoms with Crippen LogP contribution in [0.1, 0.15) is 22.8 Å². The van der Waals surface area contributed by atoms with Crippen LogP contribution in [0.25, 0.3) is 16.9 Å². The Bertz CT molecular complexity index is 1230. The summed E-state index contributed by atoms with van der Waals surface area (Å²) in [6.45, 7) is 3.28. The fraction of sp³-hybridized carbons (Fsp3) is 0.125. The number of aromatic nitrogens is 2. The molecule has 0 radical (unpaired) electrons. The Hall–Kier alpha value is -3.93. The van der Waals surface area contributed by atoms with Gasteiger partial charge in [-0.25, -0.2) is 4.98 Å². The van der Waals surface area contributed by atoms with E-state index in [0.717, 1.165) is 16.8 Å². The zero-order valence-corrected chi connectivity index (χ0v) is 16.8. The molecule has 2 aromatic carbocycles. The van der Waals surface area contributed by atoms with Gasteiger partial charge in [0.1, 0.15) is 22.9 Å². The fourth-order valence-electron chi connectivity index (χ4n) is 3.24. The van der Waals surface area contributed by atoms with Crippen LogP contribution in [0.4, 0.5) is 5.82 Å². The Morgan fingerprint density at radius 1 is 1.03 bits per heavy atom. The summed E-state index contributed by atoms with van der Waals surface area (Å²) in [4.78, 5) is 29.0. The number of amides is 1. The first-order chi connectivity index (χ1) is 14.5. The zero-order chi connectivity index (χ0) is 21.1. The van der Waals surface area contributed by atoms with Crippen molar-refractivity contribution in [1.29, 1.82) is 0 Å². The van der Waals surface area contributed by atoms with E-state index in [0.29, 0.717) is 22.8 Å². The lowest BCUT2D eigenvalue weighted by molar-refractivity contribution is -0.118. The second-order valence-corrected chi connectivity index (χ2v) is 6.98. The Balaban J connectivity index is 1.60. The number of ether oxygens (including phenoxy) is 1. The maximum absolute atomic E-state index is 12.7. The molecule has 30 heavy (non-hydrogen) atoms. The van der Waals surface area contributed by atoms with Crippen LogP contribution in [-0.4, -0.2) is 27.7 Å². The average molecular weight is 399 g/mol. The van der Waals surface area contributed by atoms with E-state index in [2.05, 4.69) is 5.32 Å². The lowest BCUT2D eigenvalue weighted by Gasteiger charge is -2.10. The SMILES string of the molecule is CC(=O)c1cccc(OCC(=O)Nc2c(-c3ccccc3)nc3c(C)cccn23)c1. The number of Topliss-reactive ketones (excluding diaryl/α,β-unsaturated/α-hetero) is 1. The number of nitrogens with zero attached hydrogens (tertiary/aromatic N) is 2. The monoisotopic (exact) mass is 399 g/mol. The summed E-state index contributed by atoms with van der Waals surface area (Å²) in [5, 5.41) is 2.94. The van der Waals surface area contributed by atoms with Crippen LogP contribution < -0.4 is 10.1 Å². The van der Waals surface area contributed by atoms with Crippen molar-refractivity contribution < 1.29 is 14.3 Å². The fourth-order valence-corrected chi connectivity index (χ4v) is 3.24. The number of carbonyl (C=O) groups excluding carboxylic acids is 2. The quantitative estimate of drug-likeness (QED) is 0.484. The van der Waals surface area contributed by atoms with Gasteiger partial charge in [0.15, 0.2) is 12.4 Å². The molecule has 0 unspecified atom stereocenters. The number of imidazole rings is 1. The molecule has 0 aliphatic carbocycles. The minimum Gasteiger partial charge on any atom is -0.484 e. The molecule has 0 bridgehead atoms. The molecule has 6 nitrogen and oxygen atoms in total. The number of benzene rings is 2. The van der Waals surface area contributed by atoms with Crippen molar-refractivity contribution in [3.63, 3.8) is 0 Å². The van der Waals surface area contributed by atoms with Crippen LogP contribution in [0.3, 0.4) is 0 Å². The normalized spacial score (nSPS) is 10.7. The number of fused-ring (bicyclic) bond motifs is 1. The Morgan fingerprint density at radius 3 is 2.60 bits per heavy atom. The van der Waals surface area contributed by atoms with Gasteiger partial charge in [-0.05, 0) is 37.6 Å². The molecule has 0 atom stereocenters. The molecule has 0 saturated carbocycles. The lowest BCUT2D eigenvalue weighted by Crippen LogP contribution is -2.21. The van der Waals surface area contributed by atoms with E-state index in [-0.39, 0.29) is 18.3 Å². The van der Waals surface area contributed by atoms with Crippen LogP contribution in [0.5, 0.6) is 5.75 Å². The molecule has 0 spiro atoms. The van der Waals surface area contributed by atoms with Gasteiger partial charge in [0.2, 0.25) is 0 Å². The third-order valence-electron chi connectivity index (χ3n) is 4.76. The lowest BCUT2D eigenvalue weighted by atomic mass is 10.1. The van der Waals surface area contributed by atoms with Crippen molar-refractivity contribution in [3.05, 3.63) is 84.1 Å². The van der Waals surface area contributed by atoms with Crippen molar-refractivity contribution in [2.24, 2.45) is 0 Å². The van der Waals surface area contributed by atoms with E-state index in [4.69, 9.17) is 9.72 Å². The molecule has 2 aromatic heterocycles. The summed E-state index contributed by atoms with van der Waals surface area (Å²) >= 11 is 0. The second-order valence-electron chi connectivity index (χ2n) is 6.98. The highest BCUT2D eigenvalue weighted by atomic mass is 16.5. The number of rotatable bonds is 6. The van der Waals surface area contributed by atoms with Gasteiger partial charge in [-0.15, -0.1) is 0 Å². The number of hydrogen-bond donors (Lipinski definition) is 1. The van der Waals surface area contributed by atoms with Crippen molar-refractivity contribution >= 4 is 23.2 Å². The first kappa shape index (κ1) is 19.4. The third kappa shape index (κ3) is 3.93. The van der Waals surface area contributed by atoms with Crippen molar-refractivity contribution in [2.75, 3.05) is 11.9 Å². The molecule has 0 aliphatic heterocycles. The predicted octanol–water partition coefficient (Wildman–Crippen LogP) is 4.53. The molecule has 1 N–H and O–H groups in total. The standard InChI is InChI=1S/C24H21N3O3/c1-16-8-7-13-27-23(16)26-22(18-9-4-3-5-10-18)24(27)25-21(29)15-30-20-12-6-11-19(14-20)17(2)28/h3-14H,15H2,1-2H3,(H,25,29). The van der Waals surface area contributed by atoms with Crippen LogP contribution in [-0.2, 0) is 4.79 Å². The summed E-state index contributed by atoms with van der Waals surface area (Å²) in [7, 11) is 0. The number of anilines is 1. The molecule has 2 heterocycles. The van der Waals surface area contributed by atoms with E-state index in [9.17, 15) is 9.59 Å². The van der Waals surface area contributed by atoms with Gasteiger partial charge in [-0.1, -0.05) is 48.5 Å². The highest BCUT2D eigenvalue weighted by molar-refractivity contribution is 5.96. The molecular weight excluding hydrogens is 378 g/mol. The van der Waals surface area contributed by atoms with E-state index in [1.54, 1.807) is 24.3 Å². The molecular formula is C24H21N3O3. The Morgan fingerprint density at radius 2 is 1.83 bits per heavy atom. The van der Waals surface area contributed by atoms with Crippen LogP contribution in [0.2, 0.25) is 0 Å². The van der Waals surface area contributed by atoms with E-state index in [1.165, 1.54) is 6.92 Å². The maximum atomic E-state index is 12.7. The average Bonchev–Trinajstić information content (AvgIpc) is 3.13. The van der Waals surface area contributed by atoms with E-state index < -0.39 is 0 Å². The number of carbonyl (C=O) groups is 2. The van der Waals surface area contributed by atoms with Gasteiger partial charge >= 0.3 is 0 Å². The number of pyridine rings is 1. The molecule has 0 fully saturated rings. The summed E-state index contributed by atoms with van der Waals surface area (Å²) < 4.78 is 7.46. The summed E-state index contributed by atoms with van der Waals surface area (Å²) in [6.07, 6.45) is 1.87. The topological polar surface area (TPSA) is 72.7 Å². The number of nitrogens with one attached hydrogen (secondary N) is 1. The van der Waals surface area contributed by atoms with Crippen molar-refractivity contribution in [1.82, 2.24) is 9.38 Å². The van der Waals surface area contributed by atoms with Crippen LogP contribution in [0.15, 0.2) is 72.9 Å². The minimum absolute atomic E-state index is 0.0569. The van der Waals surface area contributed by atoms with Crippen molar-refractivity contribution in [3.8, 4) is 17.0 Å². The van der Waals surface area contributed by atoms with Gasteiger partial charge in [0.25, 0.3) is 5.91 Å². The molecule has 4 aromatic rings. The summed E-state index contributed by atoms with van der Waals surface area (Å²) in [5.41, 5.74) is 3.92. The van der Waals surface area contributed by atoms with Gasteiger partial charge < -0.3 is 10.1 Å². The summed E-state index contributed by atoms with van der Waals surface area (Å²) in [5.74, 6) is 0.684. The molecule has 0 saturated heterocycles. The second kappa shape index (κ2) is 8.21. The van der Waals surface area contributed by atoms with Gasteiger partial charge in [-0.3, -0.25) is 14.0 Å². The van der Waals surface area contributed by atoms with Crippen LogP contribution in [0, 0.1) is 6.92 Å². The number of ketones is 1. The maximum Gasteiger partial charge on any atom is 0.263 e. The van der Waals surface area contributed by atoms with Gasteiger partial charge in [0.05, 0.1) is 0 Å². The molecule has 1 amide bonds. The molecule has 6 heteroatoms. The minimum atomic E-state index is -0.316. The largest absolute Gasteiger partial charge is 0.484 e. The Kier molecular flexibility index (Phi) is 5.30. The molecule has 0 aliphatic rings.